The molecule has 1 saturated carbocycles. The molecule has 1 aromatic heterocycles. The molecule has 1 fully saturated rings. The van der Waals surface area contributed by atoms with Crippen molar-refractivity contribution in [2.24, 2.45) is 0 Å². The first kappa shape index (κ1) is 16.4. The van der Waals surface area contributed by atoms with Gasteiger partial charge in [-0.25, -0.2) is 0 Å². The van der Waals surface area contributed by atoms with Crippen molar-refractivity contribution in [2.75, 3.05) is 19.4 Å². The molecule has 1 aliphatic rings. The Labute approximate surface area is 134 Å². The van der Waals surface area contributed by atoms with Gasteiger partial charge in [0.2, 0.25) is 0 Å². The number of nitrogens with one attached hydrogen (secondary N) is 1. The molecule has 0 atom stereocenters. The summed E-state index contributed by atoms with van der Waals surface area (Å²) in [6.45, 7) is 0.781. The first-order chi connectivity index (χ1) is 10.2. The largest absolute Gasteiger partial charge is 0.395 e. The van der Waals surface area contributed by atoms with E-state index in [0.717, 1.165) is 12.1 Å². The Bertz CT molecular complexity index is 536. The topological polar surface area (TPSA) is 49.3 Å². The Morgan fingerprint density at radius 3 is 2.95 bits per heavy atom. The lowest BCUT2D eigenvalue weighted by Crippen LogP contribution is -2.38. The van der Waals surface area contributed by atoms with Crippen molar-refractivity contribution < 1.29 is 9.90 Å². The van der Waals surface area contributed by atoms with Gasteiger partial charge < -0.3 is 10.4 Å². The fraction of sp³-hybridized carbons (Fsp3) is 0.562. The number of hydrogen-bond acceptors (Lipinski definition) is 4. The number of rotatable bonds is 5. The highest BCUT2D eigenvalue weighted by molar-refractivity contribution is 8.00. The number of aliphatic hydroxyl groups is 1. The Morgan fingerprint density at radius 2 is 2.29 bits per heavy atom. The molecule has 1 aromatic rings. The average Bonchev–Trinajstić information content (AvgIpc) is 3.15. The SMILES string of the molecule is CSC1(CNC(=O)c2sccc2C#CCCO)CCCC1. The highest BCUT2D eigenvalue weighted by atomic mass is 32.2. The Kier molecular flexibility index (Phi) is 6.16. The monoisotopic (exact) mass is 323 g/mol. The molecule has 1 aliphatic carbocycles. The fourth-order valence-corrected chi connectivity index (χ4v) is 4.27. The molecule has 3 nitrogen and oxygen atoms in total. The van der Waals surface area contributed by atoms with Gasteiger partial charge in [-0.1, -0.05) is 24.7 Å². The summed E-state index contributed by atoms with van der Waals surface area (Å²) in [6, 6.07) is 1.86. The predicted molar refractivity (Wildman–Crippen MR) is 89.9 cm³/mol. The molecular weight excluding hydrogens is 302 g/mol. The highest BCUT2D eigenvalue weighted by Crippen LogP contribution is 2.39. The van der Waals surface area contributed by atoms with E-state index in [4.69, 9.17) is 5.11 Å². The summed E-state index contributed by atoms with van der Waals surface area (Å²) in [5.41, 5.74) is 0.760. The van der Waals surface area contributed by atoms with Crippen LogP contribution >= 0.6 is 23.1 Å². The number of aliphatic hydroxyl groups excluding tert-OH is 1. The van der Waals surface area contributed by atoms with Crippen LogP contribution in [0.5, 0.6) is 0 Å². The second-order valence-corrected chi connectivity index (χ2v) is 7.41. The van der Waals surface area contributed by atoms with Crippen LogP contribution in [0.25, 0.3) is 0 Å². The summed E-state index contributed by atoms with van der Waals surface area (Å²) in [7, 11) is 0. The maximum atomic E-state index is 12.3. The fourth-order valence-electron chi connectivity index (χ4n) is 2.59. The van der Waals surface area contributed by atoms with Crippen molar-refractivity contribution in [1.29, 1.82) is 0 Å². The van der Waals surface area contributed by atoms with Crippen LogP contribution in [0.15, 0.2) is 11.4 Å². The van der Waals surface area contributed by atoms with Gasteiger partial charge >= 0.3 is 0 Å². The second kappa shape index (κ2) is 7.88. The van der Waals surface area contributed by atoms with Crippen LogP contribution in [0.3, 0.4) is 0 Å². The Morgan fingerprint density at radius 1 is 1.52 bits per heavy atom. The normalized spacial score (nSPS) is 16.3. The van der Waals surface area contributed by atoms with E-state index in [1.807, 2.05) is 23.2 Å². The molecule has 2 rings (SSSR count). The van der Waals surface area contributed by atoms with E-state index in [2.05, 4.69) is 23.4 Å². The third-order valence-electron chi connectivity index (χ3n) is 3.85. The van der Waals surface area contributed by atoms with Crippen LogP contribution in [-0.4, -0.2) is 35.2 Å². The molecule has 0 spiro atoms. The molecule has 21 heavy (non-hydrogen) atoms. The number of carbonyl (C=O) groups is 1. The summed E-state index contributed by atoms with van der Waals surface area (Å²) < 4.78 is 0.218. The molecular formula is C16H21NO2S2. The molecule has 0 radical (unpaired) electrons. The number of carbonyl (C=O) groups excluding carboxylic acids is 1. The molecule has 0 aromatic carbocycles. The summed E-state index contributed by atoms with van der Waals surface area (Å²) >= 11 is 3.29. The van der Waals surface area contributed by atoms with E-state index < -0.39 is 0 Å². The molecule has 0 bridgehead atoms. The van der Waals surface area contributed by atoms with Gasteiger partial charge in [-0.2, -0.15) is 11.8 Å². The molecule has 5 heteroatoms. The molecule has 2 N–H and O–H groups in total. The van der Waals surface area contributed by atoms with Crippen molar-refractivity contribution in [3.63, 3.8) is 0 Å². The molecule has 1 amide bonds. The van der Waals surface area contributed by atoms with Crippen LogP contribution in [-0.2, 0) is 0 Å². The molecule has 0 unspecified atom stereocenters. The molecule has 114 valence electrons. The number of thioether (sulfide) groups is 1. The number of thiophene rings is 1. The van der Waals surface area contributed by atoms with Gasteiger partial charge in [0.05, 0.1) is 6.61 Å². The van der Waals surface area contributed by atoms with E-state index in [-0.39, 0.29) is 17.3 Å². The van der Waals surface area contributed by atoms with Gasteiger partial charge in [0.1, 0.15) is 4.88 Å². The molecule has 0 saturated heterocycles. The zero-order valence-electron chi connectivity index (χ0n) is 12.3. The van der Waals surface area contributed by atoms with E-state index >= 15 is 0 Å². The van der Waals surface area contributed by atoms with Gasteiger partial charge in [0.15, 0.2) is 0 Å². The minimum absolute atomic E-state index is 0.0291. The van der Waals surface area contributed by atoms with Crippen LogP contribution in [0.2, 0.25) is 0 Å². The van der Waals surface area contributed by atoms with Gasteiger partial charge in [-0.15, -0.1) is 11.3 Å². The van der Waals surface area contributed by atoms with Crippen LogP contribution in [0, 0.1) is 11.8 Å². The summed E-state index contributed by atoms with van der Waals surface area (Å²) in [4.78, 5) is 13.0. The first-order valence-electron chi connectivity index (χ1n) is 7.21. The summed E-state index contributed by atoms with van der Waals surface area (Å²) in [5.74, 6) is 5.80. The van der Waals surface area contributed by atoms with Crippen LogP contribution < -0.4 is 5.32 Å². The van der Waals surface area contributed by atoms with E-state index in [1.54, 1.807) is 0 Å². The minimum atomic E-state index is -0.0291. The average molecular weight is 323 g/mol. The lowest BCUT2D eigenvalue weighted by atomic mass is 10.1. The zero-order chi connectivity index (χ0) is 15.1. The minimum Gasteiger partial charge on any atom is -0.395 e. The van der Waals surface area contributed by atoms with Gasteiger partial charge in [-0.3, -0.25) is 4.79 Å². The van der Waals surface area contributed by atoms with E-state index in [0.29, 0.717) is 11.3 Å². The summed E-state index contributed by atoms with van der Waals surface area (Å²) in [6.07, 6.45) is 7.45. The quantitative estimate of drug-likeness (QED) is 0.819. The Hall–Kier alpha value is -0.960. The lowest BCUT2D eigenvalue weighted by molar-refractivity contribution is 0.0953. The second-order valence-electron chi connectivity index (χ2n) is 5.22. The van der Waals surface area contributed by atoms with Crippen molar-refractivity contribution in [1.82, 2.24) is 5.32 Å². The molecule has 0 aliphatic heterocycles. The van der Waals surface area contributed by atoms with E-state index in [9.17, 15) is 4.79 Å². The highest BCUT2D eigenvalue weighted by Gasteiger charge is 2.33. The molecule has 1 heterocycles. The van der Waals surface area contributed by atoms with Gasteiger partial charge in [0, 0.05) is 23.3 Å². The smallest absolute Gasteiger partial charge is 0.262 e. The van der Waals surface area contributed by atoms with Crippen LogP contribution in [0.4, 0.5) is 0 Å². The maximum Gasteiger partial charge on any atom is 0.262 e. The standard InChI is InChI=1S/C16H21NO2S2/c1-20-16(8-3-4-9-16)12-17-15(19)14-13(7-11-21-14)6-2-5-10-18/h7,11,18H,3-5,8-10,12H2,1H3,(H,17,19). The maximum absolute atomic E-state index is 12.3. The summed E-state index contributed by atoms with van der Waals surface area (Å²) in [5, 5.41) is 13.7. The van der Waals surface area contributed by atoms with Crippen LogP contribution in [0.1, 0.15) is 47.3 Å². The first-order valence-corrected chi connectivity index (χ1v) is 9.32. The number of hydrogen-bond donors (Lipinski definition) is 2. The Balaban J connectivity index is 1.98. The zero-order valence-corrected chi connectivity index (χ0v) is 13.9. The van der Waals surface area contributed by atoms with E-state index in [1.165, 1.54) is 37.0 Å². The van der Waals surface area contributed by atoms with Gasteiger partial charge in [-0.05, 0) is 30.5 Å². The van der Waals surface area contributed by atoms with Crippen molar-refractivity contribution in [3.05, 3.63) is 21.9 Å². The van der Waals surface area contributed by atoms with Crippen molar-refractivity contribution >= 4 is 29.0 Å². The van der Waals surface area contributed by atoms with Crippen molar-refractivity contribution in [3.8, 4) is 11.8 Å². The predicted octanol–water partition coefficient (Wildman–Crippen LogP) is 2.89. The lowest BCUT2D eigenvalue weighted by Gasteiger charge is -2.26. The third kappa shape index (κ3) is 4.26. The number of amides is 1. The van der Waals surface area contributed by atoms with Crippen molar-refractivity contribution in [2.45, 2.75) is 36.9 Å². The van der Waals surface area contributed by atoms with Gasteiger partial charge in [0.25, 0.3) is 5.91 Å². The third-order valence-corrected chi connectivity index (χ3v) is 6.18.